The number of piperidine rings is 1. The number of anilines is 1. The minimum Gasteiger partial charge on any atom is -0.354 e. The van der Waals surface area contributed by atoms with Gasteiger partial charge < -0.3 is 9.88 Å². The fourth-order valence-electron chi connectivity index (χ4n) is 1.93. The molecule has 2 rings (SSSR count). The van der Waals surface area contributed by atoms with Crippen LogP contribution in [0.4, 0.5) is 5.82 Å². The van der Waals surface area contributed by atoms with Gasteiger partial charge in [-0.1, -0.05) is 0 Å². The molecule has 1 aliphatic heterocycles. The molecule has 0 aliphatic carbocycles. The van der Waals surface area contributed by atoms with Crippen molar-refractivity contribution in [1.29, 1.82) is 0 Å². The van der Waals surface area contributed by atoms with E-state index in [-0.39, 0.29) is 29.7 Å². The van der Waals surface area contributed by atoms with Crippen LogP contribution in [0.3, 0.4) is 0 Å². The maximum absolute atomic E-state index is 12.1. The average molecular weight is 264 g/mol. The van der Waals surface area contributed by atoms with Crippen LogP contribution in [0.5, 0.6) is 0 Å². The molecule has 1 aliphatic rings. The Morgan fingerprint density at radius 2 is 2.16 bits per heavy atom. The third-order valence-electron chi connectivity index (χ3n) is 2.97. The summed E-state index contributed by atoms with van der Waals surface area (Å²) >= 11 is 0. The summed E-state index contributed by atoms with van der Waals surface area (Å²) in [6.07, 6.45) is 3.73. The van der Waals surface area contributed by atoms with E-state index in [0.717, 1.165) is 0 Å². The predicted molar refractivity (Wildman–Crippen MR) is 68.7 cm³/mol. The second-order valence-electron chi connectivity index (χ2n) is 4.73. The van der Waals surface area contributed by atoms with Gasteiger partial charge in [0.25, 0.3) is 5.56 Å². The SMILES string of the molecule is CC(C)n1ccnc(NC2CCC(=O)NC2=O)c1=O. The molecule has 2 N–H and O–H groups in total. The Morgan fingerprint density at radius 3 is 2.79 bits per heavy atom. The molecule has 1 unspecified atom stereocenters. The highest BCUT2D eigenvalue weighted by Crippen LogP contribution is 2.09. The van der Waals surface area contributed by atoms with Crippen LogP contribution < -0.4 is 16.2 Å². The van der Waals surface area contributed by atoms with Gasteiger partial charge in [-0.05, 0) is 20.3 Å². The number of nitrogens with zero attached hydrogens (tertiary/aromatic N) is 2. The second-order valence-corrected chi connectivity index (χ2v) is 4.73. The highest BCUT2D eigenvalue weighted by atomic mass is 16.2. The van der Waals surface area contributed by atoms with Crippen LogP contribution in [-0.2, 0) is 9.59 Å². The molecule has 7 heteroatoms. The summed E-state index contributed by atoms with van der Waals surface area (Å²) in [4.78, 5) is 38.7. The summed E-state index contributed by atoms with van der Waals surface area (Å²) in [5.41, 5.74) is -0.276. The molecular formula is C12H16N4O3. The van der Waals surface area contributed by atoms with Crippen LogP contribution in [0.1, 0.15) is 32.7 Å². The lowest BCUT2D eigenvalue weighted by Crippen LogP contribution is -2.48. The van der Waals surface area contributed by atoms with Crippen molar-refractivity contribution in [3.63, 3.8) is 0 Å². The normalized spacial score (nSPS) is 19.4. The lowest BCUT2D eigenvalue weighted by atomic mass is 10.1. The highest BCUT2D eigenvalue weighted by molar-refractivity contribution is 6.01. The maximum Gasteiger partial charge on any atom is 0.293 e. The van der Waals surface area contributed by atoms with Crippen molar-refractivity contribution in [2.24, 2.45) is 0 Å². The van der Waals surface area contributed by atoms with Crippen molar-refractivity contribution >= 4 is 17.6 Å². The molecule has 0 aromatic carbocycles. The van der Waals surface area contributed by atoms with Crippen LogP contribution in [0.2, 0.25) is 0 Å². The van der Waals surface area contributed by atoms with E-state index in [1.54, 1.807) is 6.20 Å². The number of hydrogen-bond acceptors (Lipinski definition) is 5. The quantitative estimate of drug-likeness (QED) is 0.752. The fourth-order valence-corrected chi connectivity index (χ4v) is 1.93. The summed E-state index contributed by atoms with van der Waals surface area (Å²) in [5, 5.41) is 5.04. The molecule has 19 heavy (non-hydrogen) atoms. The lowest BCUT2D eigenvalue weighted by molar-refractivity contribution is -0.133. The van der Waals surface area contributed by atoms with Gasteiger partial charge in [0, 0.05) is 24.9 Å². The smallest absolute Gasteiger partial charge is 0.293 e. The molecule has 2 heterocycles. The van der Waals surface area contributed by atoms with Crippen molar-refractivity contribution in [3.8, 4) is 0 Å². The van der Waals surface area contributed by atoms with Crippen molar-refractivity contribution in [2.45, 2.75) is 38.8 Å². The summed E-state index contributed by atoms with van der Waals surface area (Å²) in [7, 11) is 0. The van der Waals surface area contributed by atoms with Crippen molar-refractivity contribution in [2.75, 3.05) is 5.32 Å². The molecule has 0 spiro atoms. The van der Waals surface area contributed by atoms with E-state index in [2.05, 4.69) is 15.6 Å². The number of imide groups is 1. The first kappa shape index (κ1) is 13.3. The van der Waals surface area contributed by atoms with E-state index < -0.39 is 11.9 Å². The minimum atomic E-state index is -0.596. The van der Waals surface area contributed by atoms with Gasteiger partial charge >= 0.3 is 0 Å². The van der Waals surface area contributed by atoms with E-state index in [9.17, 15) is 14.4 Å². The Hall–Kier alpha value is -2.18. The Labute approximate surface area is 110 Å². The molecule has 102 valence electrons. The predicted octanol–water partition coefficient (Wildman–Crippen LogP) is 0.0413. The van der Waals surface area contributed by atoms with Crippen LogP contribution in [0.25, 0.3) is 0 Å². The first-order valence-corrected chi connectivity index (χ1v) is 6.16. The number of carbonyl (C=O) groups excluding carboxylic acids is 2. The first-order chi connectivity index (χ1) is 8.99. The monoisotopic (exact) mass is 264 g/mol. The third-order valence-corrected chi connectivity index (χ3v) is 2.97. The Bertz CT molecular complexity index is 564. The standard InChI is InChI=1S/C12H16N4O3/c1-7(2)16-6-5-13-10(12(16)19)14-8-3-4-9(17)15-11(8)18/h5-8H,3-4H2,1-2H3,(H,13,14)(H,15,17,18). The van der Waals surface area contributed by atoms with Gasteiger partial charge in [-0.15, -0.1) is 0 Å². The van der Waals surface area contributed by atoms with Crippen LogP contribution >= 0.6 is 0 Å². The van der Waals surface area contributed by atoms with Gasteiger partial charge in [0.05, 0.1) is 0 Å². The largest absolute Gasteiger partial charge is 0.354 e. The molecule has 2 amide bonds. The minimum absolute atomic E-state index is 0.0119. The summed E-state index contributed by atoms with van der Waals surface area (Å²) < 4.78 is 1.53. The van der Waals surface area contributed by atoms with Gasteiger partial charge in [0.2, 0.25) is 11.8 Å². The maximum atomic E-state index is 12.1. The second kappa shape index (κ2) is 5.21. The van der Waals surface area contributed by atoms with Crippen LogP contribution in [0, 0.1) is 0 Å². The lowest BCUT2D eigenvalue weighted by Gasteiger charge is -2.22. The molecule has 7 nitrogen and oxygen atoms in total. The van der Waals surface area contributed by atoms with Crippen molar-refractivity contribution < 1.29 is 9.59 Å². The molecule has 1 fully saturated rings. The van der Waals surface area contributed by atoms with Gasteiger partial charge in [0.15, 0.2) is 5.82 Å². The number of rotatable bonds is 3. The molecule has 1 saturated heterocycles. The summed E-state index contributed by atoms with van der Waals surface area (Å²) in [5.74, 6) is -0.577. The molecule has 0 radical (unpaired) electrons. The first-order valence-electron chi connectivity index (χ1n) is 6.16. The highest BCUT2D eigenvalue weighted by Gasteiger charge is 2.27. The van der Waals surface area contributed by atoms with Gasteiger partial charge in [-0.2, -0.15) is 0 Å². The van der Waals surface area contributed by atoms with Crippen molar-refractivity contribution in [1.82, 2.24) is 14.9 Å². The van der Waals surface area contributed by atoms with E-state index in [4.69, 9.17) is 0 Å². The Kier molecular flexibility index (Phi) is 3.64. The van der Waals surface area contributed by atoms with Gasteiger partial charge in [-0.3, -0.25) is 19.7 Å². The Morgan fingerprint density at radius 1 is 1.42 bits per heavy atom. The molecule has 0 saturated carbocycles. The number of nitrogens with one attached hydrogen (secondary N) is 2. The molecule has 0 bridgehead atoms. The molecule has 1 aromatic heterocycles. The zero-order chi connectivity index (χ0) is 14.0. The Balaban J connectivity index is 2.20. The van der Waals surface area contributed by atoms with Gasteiger partial charge in [-0.25, -0.2) is 4.98 Å². The zero-order valence-electron chi connectivity index (χ0n) is 10.8. The molecule has 1 atom stereocenters. The van der Waals surface area contributed by atoms with E-state index in [1.807, 2.05) is 13.8 Å². The number of aromatic nitrogens is 2. The topological polar surface area (TPSA) is 93.1 Å². The van der Waals surface area contributed by atoms with E-state index in [0.29, 0.717) is 6.42 Å². The van der Waals surface area contributed by atoms with Crippen molar-refractivity contribution in [3.05, 3.63) is 22.7 Å². The number of hydrogen-bond donors (Lipinski definition) is 2. The third kappa shape index (κ3) is 2.81. The average Bonchev–Trinajstić information content (AvgIpc) is 2.34. The van der Waals surface area contributed by atoms with Gasteiger partial charge in [0.1, 0.15) is 6.04 Å². The number of amides is 2. The van der Waals surface area contributed by atoms with Crippen LogP contribution in [-0.4, -0.2) is 27.4 Å². The summed E-state index contributed by atoms with van der Waals surface area (Å²) in [6.45, 7) is 3.77. The van der Waals surface area contributed by atoms with E-state index in [1.165, 1.54) is 10.8 Å². The summed E-state index contributed by atoms with van der Waals surface area (Å²) in [6, 6.07) is -0.585. The fraction of sp³-hybridized carbons (Fsp3) is 0.500. The van der Waals surface area contributed by atoms with Crippen LogP contribution in [0.15, 0.2) is 17.2 Å². The zero-order valence-corrected chi connectivity index (χ0v) is 10.8. The molecular weight excluding hydrogens is 248 g/mol. The number of carbonyl (C=O) groups is 2. The van der Waals surface area contributed by atoms with E-state index >= 15 is 0 Å². The molecule has 1 aromatic rings.